The number of carbonyl (C=O) groups is 3. The van der Waals surface area contributed by atoms with Gasteiger partial charge in [-0.05, 0) is 120 Å². The second-order valence-electron chi connectivity index (χ2n) is 15.6. The van der Waals surface area contributed by atoms with E-state index in [1.807, 2.05) is 17.1 Å². The number of aliphatic hydroxyl groups excluding tert-OH is 1. The Morgan fingerprint density at radius 2 is 1.13 bits per heavy atom. The van der Waals surface area contributed by atoms with Crippen molar-refractivity contribution in [3.63, 3.8) is 0 Å². The molecule has 0 unspecified atom stereocenters. The minimum atomic E-state index is -2.76. The molecule has 0 saturated heterocycles. The number of alkyl halides is 4. The van der Waals surface area contributed by atoms with Gasteiger partial charge in [-0.1, -0.05) is 12.1 Å². The standard InChI is InChI=1S/C22H24F2N4O2.C22H22F2N4O2/c2*1-13-3-2-4-18(25-13)22(30)26-20-9-15-11-28(16-7-5-14(12-29)6-8-16)27-19(15)10-17(20)21(23)24/h2-4,9-11,14,16,21,29H,5-8,12H2,1H3,(H,26,30);2-4,9-12,14,16,21H,5-8H2,1H3,(H,26,30). The van der Waals surface area contributed by atoms with Crippen molar-refractivity contribution in [3.05, 3.63) is 107 Å². The van der Waals surface area contributed by atoms with Gasteiger partial charge >= 0.3 is 0 Å². The van der Waals surface area contributed by atoms with Gasteiger partial charge < -0.3 is 20.5 Å². The second kappa shape index (κ2) is 18.5. The molecule has 60 heavy (non-hydrogen) atoms. The average molecular weight is 827 g/mol. The number of anilines is 2. The van der Waals surface area contributed by atoms with Crippen molar-refractivity contribution in [3.8, 4) is 0 Å². The van der Waals surface area contributed by atoms with E-state index < -0.39 is 24.7 Å². The molecular formula is C44H46F4N8O4. The van der Waals surface area contributed by atoms with E-state index in [4.69, 9.17) is 0 Å². The van der Waals surface area contributed by atoms with Gasteiger partial charge in [0.05, 0.1) is 34.5 Å². The third-order valence-electron chi connectivity index (χ3n) is 11.4. The second-order valence-corrected chi connectivity index (χ2v) is 15.6. The first-order chi connectivity index (χ1) is 28.9. The van der Waals surface area contributed by atoms with Crippen LogP contribution >= 0.6 is 0 Å². The maximum atomic E-state index is 13.7. The number of aldehydes is 1. The minimum Gasteiger partial charge on any atom is -0.396 e. The summed E-state index contributed by atoms with van der Waals surface area (Å²) in [5.41, 5.74) is 2.17. The summed E-state index contributed by atoms with van der Waals surface area (Å²) in [6.45, 7) is 3.71. The fourth-order valence-electron chi connectivity index (χ4n) is 7.97. The summed E-state index contributed by atoms with van der Waals surface area (Å²) in [4.78, 5) is 44.3. The third kappa shape index (κ3) is 9.70. The van der Waals surface area contributed by atoms with Gasteiger partial charge in [0.15, 0.2) is 0 Å². The van der Waals surface area contributed by atoms with E-state index in [1.54, 1.807) is 54.9 Å². The quantitative estimate of drug-likeness (QED) is 0.0911. The maximum Gasteiger partial charge on any atom is 0.274 e. The number of carbonyl (C=O) groups excluding carboxylic acids is 3. The first kappa shape index (κ1) is 42.1. The fraction of sp³-hybridized carbons (Fsp3) is 0.386. The van der Waals surface area contributed by atoms with E-state index >= 15 is 0 Å². The summed E-state index contributed by atoms with van der Waals surface area (Å²) >= 11 is 0. The van der Waals surface area contributed by atoms with Crippen molar-refractivity contribution < 1.29 is 37.1 Å². The number of rotatable bonds is 10. The Morgan fingerprint density at radius 1 is 0.700 bits per heavy atom. The lowest BCUT2D eigenvalue weighted by atomic mass is 9.87. The number of pyridine rings is 2. The Bertz CT molecular complexity index is 2490. The molecule has 12 nitrogen and oxygen atoms in total. The number of benzene rings is 2. The number of halogens is 4. The summed E-state index contributed by atoms with van der Waals surface area (Å²) in [5, 5.41) is 24.8. The Kier molecular flexibility index (Phi) is 13.0. The predicted molar refractivity (Wildman–Crippen MR) is 218 cm³/mol. The molecule has 2 aliphatic rings. The number of nitrogens with zero attached hydrogens (tertiary/aromatic N) is 6. The molecule has 2 aromatic carbocycles. The highest BCUT2D eigenvalue weighted by Gasteiger charge is 2.26. The zero-order valence-electron chi connectivity index (χ0n) is 33.2. The summed E-state index contributed by atoms with van der Waals surface area (Å²) < 4.78 is 58.4. The van der Waals surface area contributed by atoms with Gasteiger partial charge in [-0.2, -0.15) is 10.2 Å². The van der Waals surface area contributed by atoms with E-state index in [2.05, 4.69) is 30.8 Å². The number of fused-ring (bicyclic) bond motifs is 2. The highest BCUT2D eigenvalue weighted by Crippen LogP contribution is 2.37. The molecule has 0 spiro atoms. The summed E-state index contributed by atoms with van der Waals surface area (Å²) in [5.74, 6) is -0.656. The molecule has 0 bridgehead atoms. The van der Waals surface area contributed by atoms with Crippen molar-refractivity contribution >= 4 is 51.3 Å². The molecule has 0 radical (unpaired) electrons. The van der Waals surface area contributed by atoms with Crippen molar-refractivity contribution in [1.29, 1.82) is 0 Å². The number of aliphatic hydroxyl groups is 1. The van der Waals surface area contributed by atoms with Crippen molar-refractivity contribution in [1.82, 2.24) is 29.5 Å². The Balaban J connectivity index is 0.000000181. The topological polar surface area (TPSA) is 157 Å². The Hall–Kier alpha value is -6.03. The van der Waals surface area contributed by atoms with Crippen molar-refractivity contribution in [2.45, 2.75) is 90.1 Å². The van der Waals surface area contributed by atoms with Crippen molar-refractivity contribution in [2.75, 3.05) is 17.2 Å². The normalized spacial score (nSPS) is 19.3. The van der Waals surface area contributed by atoms with Crippen LogP contribution in [0.15, 0.2) is 73.1 Å². The molecule has 16 heteroatoms. The molecular weight excluding hydrogens is 781 g/mol. The lowest BCUT2D eigenvalue weighted by molar-refractivity contribution is -0.112. The van der Waals surface area contributed by atoms with Crippen molar-refractivity contribution in [2.24, 2.45) is 11.8 Å². The van der Waals surface area contributed by atoms with Crippen LogP contribution in [-0.4, -0.2) is 59.3 Å². The van der Waals surface area contributed by atoms with E-state index in [0.717, 1.165) is 57.7 Å². The van der Waals surface area contributed by atoms with Crippen LogP contribution in [0, 0.1) is 25.7 Å². The van der Waals surface area contributed by atoms with Gasteiger partial charge in [0.2, 0.25) is 0 Å². The molecule has 0 aliphatic heterocycles. The van der Waals surface area contributed by atoms with E-state index in [9.17, 15) is 37.1 Å². The zero-order valence-corrected chi connectivity index (χ0v) is 33.2. The molecule has 0 atom stereocenters. The molecule has 2 aliphatic carbocycles. The summed E-state index contributed by atoms with van der Waals surface area (Å²) in [6.07, 6.45) is 6.03. The fourth-order valence-corrected chi connectivity index (χ4v) is 7.97. The Labute approximate surface area is 343 Å². The molecule has 314 valence electrons. The first-order valence-corrected chi connectivity index (χ1v) is 20.1. The highest BCUT2D eigenvalue weighted by molar-refractivity contribution is 6.05. The number of aromatic nitrogens is 6. The zero-order chi connectivity index (χ0) is 42.5. The molecule has 2 saturated carbocycles. The molecule has 8 rings (SSSR count). The summed E-state index contributed by atoms with van der Waals surface area (Å²) in [7, 11) is 0. The van der Waals surface area contributed by atoms with Crippen LogP contribution in [0.1, 0.15) is 120 Å². The lowest BCUT2D eigenvalue weighted by Crippen LogP contribution is -2.20. The van der Waals surface area contributed by atoms with Crippen LogP contribution in [-0.2, 0) is 4.79 Å². The first-order valence-electron chi connectivity index (χ1n) is 20.1. The Morgan fingerprint density at radius 3 is 1.52 bits per heavy atom. The van der Waals surface area contributed by atoms with Gasteiger partial charge in [-0.25, -0.2) is 27.5 Å². The van der Waals surface area contributed by atoms with Crippen LogP contribution in [0.4, 0.5) is 28.9 Å². The van der Waals surface area contributed by atoms with Gasteiger partial charge in [-0.15, -0.1) is 0 Å². The molecule has 6 aromatic rings. The number of amides is 2. The largest absolute Gasteiger partial charge is 0.396 e. The summed E-state index contributed by atoms with van der Waals surface area (Å²) in [6, 6.07) is 16.1. The number of hydrogen-bond acceptors (Lipinski definition) is 8. The highest BCUT2D eigenvalue weighted by atomic mass is 19.3. The van der Waals surface area contributed by atoms with Gasteiger partial charge in [0, 0.05) is 58.2 Å². The third-order valence-corrected chi connectivity index (χ3v) is 11.4. The monoisotopic (exact) mass is 826 g/mol. The van der Waals surface area contributed by atoms with Crippen LogP contribution < -0.4 is 10.6 Å². The average Bonchev–Trinajstić information content (AvgIpc) is 3.87. The van der Waals surface area contributed by atoms with Crippen LogP contribution in [0.5, 0.6) is 0 Å². The smallest absolute Gasteiger partial charge is 0.274 e. The van der Waals surface area contributed by atoms with E-state index in [-0.39, 0.29) is 58.5 Å². The maximum absolute atomic E-state index is 13.7. The van der Waals surface area contributed by atoms with E-state index in [1.165, 1.54) is 24.3 Å². The molecule has 2 fully saturated rings. The van der Waals surface area contributed by atoms with Gasteiger partial charge in [0.25, 0.3) is 24.7 Å². The number of hydrogen-bond donors (Lipinski definition) is 3. The molecule has 4 heterocycles. The SMILES string of the molecule is Cc1cccc(C(=O)Nc2cc3cn(C4CCC(C=O)CC4)nc3cc2C(F)F)n1.Cc1cccc(C(=O)Nc2cc3cn(C4CCC(CO)CC4)nc3cc2C(F)F)n1. The van der Waals surface area contributed by atoms with Gasteiger partial charge in [0.1, 0.15) is 17.7 Å². The van der Waals surface area contributed by atoms with Crippen LogP contribution in [0.2, 0.25) is 0 Å². The molecule has 3 N–H and O–H groups in total. The number of aryl methyl sites for hydroxylation is 2. The lowest BCUT2D eigenvalue weighted by Gasteiger charge is -2.27. The number of nitrogens with one attached hydrogen (secondary N) is 2. The predicted octanol–water partition coefficient (Wildman–Crippen LogP) is 9.51. The molecule has 2 amide bonds. The van der Waals surface area contributed by atoms with Crippen LogP contribution in [0.3, 0.4) is 0 Å². The van der Waals surface area contributed by atoms with Gasteiger partial charge in [-0.3, -0.25) is 19.0 Å². The minimum absolute atomic E-state index is 0.0509. The van der Waals surface area contributed by atoms with Crippen LogP contribution in [0.25, 0.3) is 21.8 Å². The van der Waals surface area contributed by atoms with E-state index in [0.29, 0.717) is 39.1 Å². The molecule has 4 aromatic heterocycles.